The highest BCUT2D eigenvalue weighted by Crippen LogP contribution is 2.64. The van der Waals surface area contributed by atoms with Crippen molar-refractivity contribution < 1.29 is 32.6 Å². The molecule has 0 aromatic heterocycles. The number of halogens is 3. The second-order valence-electron chi connectivity index (χ2n) is 12.4. The van der Waals surface area contributed by atoms with Crippen LogP contribution >= 0.6 is 0 Å². The molecule has 9 heteroatoms. The van der Waals surface area contributed by atoms with Gasteiger partial charge in [-0.2, -0.15) is 13.2 Å². The number of carbonyl (C=O) groups is 2. The van der Waals surface area contributed by atoms with Crippen molar-refractivity contribution in [2.24, 2.45) is 10.8 Å². The molecule has 2 N–H and O–H groups in total. The lowest BCUT2D eigenvalue weighted by molar-refractivity contribution is -0.156. The summed E-state index contributed by atoms with van der Waals surface area (Å²) < 4.78 is 47.8. The van der Waals surface area contributed by atoms with Crippen LogP contribution in [0.15, 0.2) is 30.0 Å². The molecule has 3 saturated carbocycles. The maximum absolute atomic E-state index is 14.2. The smallest absolute Gasteiger partial charge is 0.416 e. The number of ether oxygens (including phenoxy) is 1. The van der Waals surface area contributed by atoms with Crippen LogP contribution in [0.2, 0.25) is 0 Å². The van der Waals surface area contributed by atoms with Crippen molar-refractivity contribution in [1.82, 2.24) is 10.2 Å². The van der Waals surface area contributed by atoms with E-state index >= 15 is 0 Å². The lowest BCUT2D eigenvalue weighted by Crippen LogP contribution is -2.64. The molecule has 2 amide bonds. The summed E-state index contributed by atoms with van der Waals surface area (Å²) in [6, 6.07) is 3.96. The summed E-state index contributed by atoms with van der Waals surface area (Å²) in [5, 5.41) is 12.6. The number of fused-ring (bicyclic) bond motifs is 1. The van der Waals surface area contributed by atoms with Gasteiger partial charge in [0.25, 0.3) is 0 Å². The Hall–Kier alpha value is -2.55. The van der Waals surface area contributed by atoms with E-state index in [1.54, 1.807) is 31.2 Å². The van der Waals surface area contributed by atoms with Crippen LogP contribution in [0.5, 0.6) is 0 Å². The van der Waals surface area contributed by atoms with Crippen molar-refractivity contribution in [2.75, 3.05) is 13.7 Å². The minimum Gasteiger partial charge on any atom is -0.481 e. The zero-order chi connectivity index (χ0) is 27.4. The third-order valence-corrected chi connectivity index (χ3v) is 8.58. The molecule has 3 aliphatic carbocycles. The molecular weight excluding hydrogens is 485 g/mol. The Morgan fingerprint density at radius 3 is 2.38 bits per heavy atom. The van der Waals surface area contributed by atoms with E-state index in [2.05, 4.69) is 5.32 Å². The summed E-state index contributed by atoms with van der Waals surface area (Å²) >= 11 is 0. The summed E-state index contributed by atoms with van der Waals surface area (Å²) in [4.78, 5) is 26.8. The maximum atomic E-state index is 14.2. The van der Waals surface area contributed by atoms with Crippen LogP contribution in [0.1, 0.15) is 82.9 Å². The molecule has 204 valence electrons. The number of carboxylic acid groups (broad SMARTS) is 1. The molecule has 5 rings (SSSR count). The molecule has 0 unspecified atom stereocenters. The van der Waals surface area contributed by atoms with Crippen LogP contribution in [-0.2, 0) is 27.7 Å². The second kappa shape index (κ2) is 9.03. The molecule has 1 aromatic carbocycles. The van der Waals surface area contributed by atoms with E-state index in [9.17, 15) is 27.9 Å². The van der Waals surface area contributed by atoms with Crippen LogP contribution in [0.3, 0.4) is 0 Å². The number of aryl methyl sites for hydroxylation is 1. The lowest BCUT2D eigenvalue weighted by Gasteiger charge is -2.53. The molecule has 1 atom stereocenters. The van der Waals surface area contributed by atoms with Gasteiger partial charge >= 0.3 is 18.2 Å². The molecule has 1 heterocycles. The van der Waals surface area contributed by atoms with Gasteiger partial charge in [0.1, 0.15) is 0 Å². The number of nitrogens with one attached hydrogen (secondary N) is 1. The van der Waals surface area contributed by atoms with Gasteiger partial charge in [0, 0.05) is 13.3 Å². The zero-order valence-electron chi connectivity index (χ0n) is 22.2. The van der Waals surface area contributed by atoms with Gasteiger partial charge in [-0.05, 0) is 80.1 Å². The Morgan fingerprint density at radius 2 is 1.84 bits per heavy atom. The molecule has 1 aromatic rings. The molecule has 0 saturated heterocycles. The van der Waals surface area contributed by atoms with Gasteiger partial charge in [0.15, 0.2) is 0 Å². The first-order chi connectivity index (χ1) is 17.1. The summed E-state index contributed by atoms with van der Waals surface area (Å²) in [5.74, 6) is -0.835. The normalized spacial score (nSPS) is 29.6. The predicted octanol–water partition coefficient (Wildman–Crippen LogP) is 6.24. The lowest BCUT2D eigenvalue weighted by atomic mass is 9.64. The van der Waals surface area contributed by atoms with Gasteiger partial charge in [-0.3, -0.25) is 9.69 Å². The number of nitrogens with zero attached hydrogens (tertiary/aromatic N) is 1. The fourth-order valence-corrected chi connectivity index (χ4v) is 6.30. The van der Waals surface area contributed by atoms with Gasteiger partial charge in [-0.1, -0.05) is 32.9 Å². The Morgan fingerprint density at radius 1 is 1.16 bits per heavy atom. The molecule has 1 aliphatic heterocycles. The SMILES string of the molecule is COCCC1=CN(C23CCC(C(=O)O)(C2)C3)C(=O)N[C@@]1(C)c1ccc(CCC(C)(C)C)c(C(F)(F)F)c1. The fraction of sp³-hybridized carbons (Fsp3) is 0.643. The van der Waals surface area contributed by atoms with Crippen molar-refractivity contribution >= 4 is 12.0 Å². The highest BCUT2D eigenvalue weighted by Gasteiger charge is 2.68. The third kappa shape index (κ3) is 4.87. The van der Waals surface area contributed by atoms with E-state index < -0.39 is 40.2 Å². The molecular formula is C28H37F3N2O4. The molecule has 0 radical (unpaired) electrons. The van der Waals surface area contributed by atoms with E-state index in [1.807, 2.05) is 20.8 Å². The Labute approximate surface area is 216 Å². The van der Waals surface area contributed by atoms with Crippen molar-refractivity contribution in [3.8, 4) is 0 Å². The summed E-state index contributed by atoms with van der Waals surface area (Å²) in [6.45, 7) is 8.05. The summed E-state index contributed by atoms with van der Waals surface area (Å²) in [7, 11) is 1.55. The number of carbonyl (C=O) groups excluding carboxylic acids is 1. The molecule has 37 heavy (non-hydrogen) atoms. The van der Waals surface area contributed by atoms with E-state index in [-0.39, 0.29) is 11.0 Å². The van der Waals surface area contributed by atoms with Gasteiger partial charge in [-0.15, -0.1) is 0 Å². The predicted molar refractivity (Wildman–Crippen MR) is 133 cm³/mol. The van der Waals surface area contributed by atoms with Crippen molar-refractivity contribution in [3.05, 3.63) is 46.7 Å². The first-order valence-electron chi connectivity index (χ1n) is 12.8. The number of aliphatic carboxylic acids is 1. The Balaban J connectivity index is 1.72. The van der Waals surface area contributed by atoms with E-state index in [4.69, 9.17) is 4.74 Å². The number of rotatable bonds is 8. The molecule has 4 aliphatic rings. The average Bonchev–Trinajstić information content (AvgIpc) is 3.34. The van der Waals surface area contributed by atoms with Gasteiger partial charge in [0.2, 0.25) is 0 Å². The zero-order valence-corrected chi connectivity index (χ0v) is 22.2. The minimum atomic E-state index is -4.53. The molecule has 0 spiro atoms. The minimum absolute atomic E-state index is 0.107. The molecule has 2 bridgehead atoms. The van der Waals surface area contributed by atoms with Crippen molar-refractivity contribution in [3.63, 3.8) is 0 Å². The van der Waals surface area contributed by atoms with E-state index in [0.717, 1.165) is 5.57 Å². The maximum Gasteiger partial charge on any atom is 0.416 e. The molecule has 6 nitrogen and oxygen atoms in total. The second-order valence-corrected chi connectivity index (χ2v) is 12.4. The van der Waals surface area contributed by atoms with Crippen LogP contribution in [-0.4, -0.2) is 41.3 Å². The highest BCUT2D eigenvalue weighted by molar-refractivity contribution is 5.83. The van der Waals surface area contributed by atoms with Crippen LogP contribution in [0.25, 0.3) is 0 Å². The number of alkyl halides is 3. The Kier molecular flexibility index (Phi) is 6.71. The monoisotopic (exact) mass is 522 g/mol. The van der Waals surface area contributed by atoms with E-state index in [0.29, 0.717) is 57.1 Å². The first-order valence-corrected chi connectivity index (χ1v) is 12.8. The number of hydrogen-bond donors (Lipinski definition) is 2. The van der Waals surface area contributed by atoms with Crippen molar-refractivity contribution in [2.45, 2.75) is 89.9 Å². The number of methoxy groups -OCH3 is 1. The van der Waals surface area contributed by atoms with Crippen molar-refractivity contribution in [1.29, 1.82) is 0 Å². The third-order valence-electron chi connectivity index (χ3n) is 8.58. The van der Waals surface area contributed by atoms with Gasteiger partial charge in [0.05, 0.1) is 28.7 Å². The number of benzene rings is 1. The summed E-state index contributed by atoms with van der Waals surface area (Å²) in [6.07, 6.45) is 0.367. The fourth-order valence-electron chi connectivity index (χ4n) is 6.30. The number of amides is 2. The van der Waals surface area contributed by atoms with Crippen LogP contribution in [0.4, 0.5) is 18.0 Å². The average molecular weight is 523 g/mol. The quantitative estimate of drug-likeness (QED) is 0.424. The van der Waals surface area contributed by atoms with Crippen LogP contribution < -0.4 is 5.32 Å². The van der Waals surface area contributed by atoms with E-state index in [1.165, 1.54) is 12.1 Å². The number of urea groups is 1. The highest BCUT2D eigenvalue weighted by atomic mass is 19.4. The topological polar surface area (TPSA) is 78.9 Å². The number of carboxylic acids is 1. The Bertz CT molecular complexity index is 1120. The summed E-state index contributed by atoms with van der Waals surface area (Å²) in [5.41, 5.74) is -2.00. The standard InChI is InChI=1S/C28H37F3N2O4/c1-24(2,3)10-8-18-6-7-19(14-21(18)28(29,30)31)25(4)20(9-13-37-5)15-33(23(36)32-25)27-12-11-26(16-27,17-27)22(34)35/h6-7,14-15H,8-13,16-17H2,1-5H3,(H,32,36)(H,34,35)/t25-,26?,27?/m0/s1. The van der Waals surface area contributed by atoms with Gasteiger partial charge < -0.3 is 15.2 Å². The first kappa shape index (κ1) is 27.5. The van der Waals surface area contributed by atoms with Crippen LogP contribution in [0, 0.1) is 10.8 Å². The van der Waals surface area contributed by atoms with Gasteiger partial charge in [-0.25, -0.2) is 4.79 Å². The number of hydrogen-bond acceptors (Lipinski definition) is 3. The largest absolute Gasteiger partial charge is 0.481 e. The molecule has 3 fully saturated rings.